The van der Waals surface area contributed by atoms with Crippen molar-refractivity contribution in [1.29, 1.82) is 0 Å². The van der Waals surface area contributed by atoms with Gasteiger partial charge >= 0.3 is 0 Å². The molecule has 178 valence electrons. The fraction of sp³-hybridized carbons (Fsp3) is 0.519. The molecule has 2 saturated heterocycles. The fourth-order valence-electron chi connectivity index (χ4n) is 6.54. The van der Waals surface area contributed by atoms with Crippen molar-refractivity contribution in [1.82, 2.24) is 20.0 Å². The molecule has 7 nitrogen and oxygen atoms in total. The van der Waals surface area contributed by atoms with Crippen LogP contribution in [0, 0.1) is 11.8 Å². The molecular weight excluding hydrogens is 426 g/mol. The van der Waals surface area contributed by atoms with Gasteiger partial charge in [-0.15, -0.1) is 5.10 Å². The number of likely N-dealkylation sites (tertiary alicyclic amines) is 1. The maximum atomic E-state index is 12.7. The topological polar surface area (TPSA) is 72.8 Å². The summed E-state index contributed by atoms with van der Waals surface area (Å²) in [5.41, 5.74) is 3.46. The van der Waals surface area contributed by atoms with Crippen molar-refractivity contribution in [2.45, 2.75) is 37.8 Å². The highest BCUT2D eigenvalue weighted by Crippen LogP contribution is 2.46. The number of carbonyl (C=O) groups is 1. The molecule has 1 amide bonds. The summed E-state index contributed by atoms with van der Waals surface area (Å²) in [6.45, 7) is 6.38. The van der Waals surface area contributed by atoms with Crippen LogP contribution >= 0.6 is 0 Å². The Labute approximate surface area is 201 Å². The Balaban J connectivity index is 1.10. The van der Waals surface area contributed by atoms with Gasteiger partial charge in [0.2, 0.25) is 0 Å². The summed E-state index contributed by atoms with van der Waals surface area (Å²) in [4.78, 5) is 19.4. The first kappa shape index (κ1) is 21.7. The lowest BCUT2D eigenvalue weighted by Gasteiger charge is -2.44. The number of benzene rings is 1. The van der Waals surface area contributed by atoms with Gasteiger partial charge in [0.15, 0.2) is 5.69 Å². The smallest absolute Gasteiger partial charge is 0.274 e. The molecule has 0 radical (unpaired) electrons. The first-order valence-electron chi connectivity index (χ1n) is 12.6. The van der Waals surface area contributed by atoms with Crippen molar-refractivity contribution < 1.29 is 9.90 Å². The second-order valence-electron chi connectivity index (χ2n) is 10.7. The third kappa shape index (κ3) is 4.01. The van der Waals surface area contributed by atoms with Gasteiger partial charge in [0.25, 0.3) is 5.91 Å². The second-order valence-corrected chi connectivity index (χ2v) is 10.7. The Bertz CT molecular complexity index is 1090. The van der Waals surface area contributed by atoms with Crippen molar-refractivity contribution in [3.63, 3.8) is 0 Å². The van der Waals surface area contributed by atoms with Crippen LogP contribution in [0.3, 0.4) is 0 Å². The van der Waals surface area contributed by atoms with Crippen LogP contribution < -0.4 is 4.90 Å². The minimum absolute atomic E-state index is 0.153. The number of hydrogen-bond acceptors (Lipinski definition) is 6. The Kier molecular flexibility index (Phi) is 5.41. The monoisotopic (exact) mass is 459 g/mol. The number of β-amino-alcohol motifs (C(OH)–C–C–N with tert-alkyl or cyclic N) is 1. The summed E-state index contributed by atoms with van der Waals surface area (Å²) in [5, 5.41) is 18.1. The number of aromatic nitrogens is 2. The van der Waals surface area contributed by atoms with E-state index in [9.17, 15) is 9.90 Å². The first-order valence-corrected chi connectivity index (χ1v) is 12.6. The highest BCUT2D eigenvalue weighted by atomic mass is 16.3. The number of hydrogen-bond donors (Lipinski definition) is 1. The summed E-state index contributed by atoms with van der Waals surface area (Å²) in [7, 11) is 0. The number of anilines is 1. The van der Waals surface area contributed by atoms with Crippen LogP contribution in [0.5, 0.6) is 0 Å². The van der Waals surface area contributed by atoms with Crippen molar-refractivity contribution in [3.8, 4) is 0 Å². The number of carbonyl (C=O) groups excluding carboxylic acids is 1. The number of rotatable bonds is 4. The van der Waals surface area contributed by atoms with Gasteiger partial charge in [-0.3, -0.25) is 9.69 Å². The largest absolute Gasteiger partial charge is 0.386 e. The molecule has 1 aromatic carbocycles. The second kappa shape index (κ2) is 8.47. The summed E-state index contributed by atoms with van der Waals surface area (Å²) < 4.78 is 0. The lowest BCUT2D eigenvalue weighted by Crippen LogP contribution is -2.61. The van der Waals surface area contributed by atoms with Crippen LogP contribution in [0.1, 0.15) is 42.2 Å². The average Bonchev–Trinajstić information content (AvgIpc) is 3.11. The molecule has 3 fully saturated rings. The molecule has 6 rings (SSSR count). The van der Waals surface area contributed by atoms with Gasteiger partial charge in [-0.05, 0) is 55.2 Å². The van der Waals surface area contributed by atoms with Gasteiger partial charge < -0.3 is 14.9 Å². The van der Waals surface area contributed by atoms with Crippen molar-refractivity contribution in [2.24, 2.45) is 11.8 Å². The molecule has 2 aliphatic carbocycles. The summed E-state index contributed by atoms with van der Waals surface area (Å²) in [6.07, 6.45) is 8.14. The van der Waals surface area contributed by atoms with Gasteiger partial charge in [0.05, 0.1) is 30.6 Å². The number of amides is 1. The van der Waals surface area contributed by atoms with E-state index in [4.69, 9.17) is 0 Å². The van der Waals surface area contributed by atoms with Gasteiger partial charge in [-0.1, -0.05) is 36.4 Å². The van der Waals surface area contributed by atoms with Crippen LogP contribution in [-0.4, -0.2) is 81.9 Å². The quantitative estimate of drug-likeness (QED) is 0.758. The molecule has 34 heavy (non-hydrogen) atoms. The highest BCUT2D eigenvalue weighted by Gasteiger charge is 2.43. The van der Waals surface area contributed by atoms with E-state index in [0.717, 1.165) is 37.8 Å². The van der Waals surface area contributed by atoms with Gasteiger partial charge in [0.1, 0.15) is 0 Å². The van der Waals surface area contributed by atoms with Gasteiger partial charge in [-0.2, -0.15) is 5.10 Å². The third-order valence-corrected chi connectivity index (χ3v) is 8.14. The van der Waals surface area contributed by atoms with Crippen molar-refractivity contribution in [3.05, 3.63) is 59.9 Å². The Morgan fingerprint density at radius 2 is 1.85 bits per heavy atom. The van der Waals surface area contributed by atoms with Crippen LogP contribution in [0.25, 0.3) is 5.57 Å². The lowest BCUT2D eigenvalue weighted by molar-refractivity contribution is -0.0671. The minimum Gasteiger partial charge on any atom is -0.386 e. The summed E-state index contributed by atoms with van der Waals surface area (Å²) >= 11 is 0. The molecule has 1 aromatic heterocycles. The lowest BCUT2D eigenvalue weighted by atomic mass is 9.81. The molecule has 1 N–H and O–H groups in total. The molecule has 0 spiro atoms. The van der Waals surface area contributed by atoms with Crippen LogP contribution in [-0.2, 0) is 0 Å². The standard InChI is InChI=1S/C27H33N5O2/c1-27(34)17-32(18-27)26(33)24-15-23(16-28-29-24)30-9-11-31(12-10-30)25-20-7-8-21(25)14-22(13-20)19-5-3-2-4-6-19/h2-6,13,15-16,20-21,25,34H,7-12,14,17-18H2,1H3/t20-,21+,25+/m0/s1. The minimum atomic E-state index is -0.785. The number of allylic oxidation sites excluding steroid dienone is 1. The van der Waals surface area contributed by atoms with E-state index in [-0.39, 0.29) is 5.91 Å². The molecule has 4 aliphatic rings. The van der Waals surface area contributed by atoms with Crippen molar-refractivity contribution >= 4 is 17.2 Å². The maximum Gasteiger partial charge on any atom is 0.274 e. The predicted molar refractivity (Wildman–Crippen MR) is 131 cm³/mol. The molecule has 7 heteroatoms. The molecule has 2 bridgehead atoms. The zero-order valence-corrected chi connectivity index (χ0v) is 19.8. The zero-order chi connectivity index (χ0) is 23.3. The molecule has 3 heterocycles. The highest BCUT2D eigenvalue weighted by molar-refractivity contribution is 5.93. The van der Waals surface area contributed by atoms with E-state index >= 15 is 0 Å². The maximum absolute atomic E-state index is 12.7. The van der Waals surface area contributed by atoms with Crippen LogP contribution in [0.2, 0.25) is 0 Å². The number of piperazine rings is 1. The average molecular weight is 460 g/mol. The Hall–Kier alpha value is -2.77. The molecule has 0 unspecified atom stereocenters. The molecule has 3 atom stereocenters. The number of aliphatic hydroxyl groups is 1. The Morgan fingerprint density at radius 3 is 2.56 bits per heavy atom. The summed E-state index contributed by atoms with van der Waals surface area (Å²) in [5.74, 6) is 1.25. The van der Waals surface area contributed by atoms with Gasteiger partial charge in [0, 0.05) is 32.2 Å². The third-order valence-electron chi connectivity index (χ3n) is 8.14. The van der Waals surface area contributed by atoms with Crippen molar-refractivity contribution in [2.75, 3.05) is 44.2 Å². The summed E-state index contributed by atoms with van der Waals surface area (Å²) in [6, 6.07) is 13.4. The predicted octanol–water partition coefficient (Wildman–Crippen LogP) is 2.69. The van der Waals surface area contributed by atoms with E-state index in [0.29, 0.717) is 30.7 Å². The van der Waals surface area contributed by atoms with E-state index in [1.54, 1.807) is 18.0 Å². The van der Waals surface area contributed by atoms with E-state index in [1.165, 1.54) is 30.4 Å². The molecule has 2 aromatic rings. The first-order chi connectivity index (χ1) is 16.5. The van der Waals surface area contributed by atoms with Crippen LogP contribution in [0.4, 0.5) is 5.69 Å². The van der Waals surface area contributed by atoms with Gasteiger partial charge in [-0.25, -0.2) is 0 Å². The Morgan fingerprint density at radius 1 is 1.09 bits per heavy atom. The van der Waals surface area contributed by atoms with E-state index in [2.05, 4.69) is 56.4 Å². The normalized spacial score (nSPS) is 28.4. The van der Waals surface area contributed by atoms with E-state index < -0.39 is 5.60 Å². The molecule has 1 saturated carbocycles. The number of fused-ring (bicyclic) bond motifs is 2. The SMILES string of the molecule is CC1(O)CN(C(=O)c2cc(N3CCN([C@H]4[C@@H]5CC[C@H]4C=C(c4ccccc4)C5)CC3)cnn2)C1. The van der Waals surface area contributed by atoms with E-state index in [1.807, 2.05) is 6.07 Å². The zero-order valence-electron chi connectivity index (χ0n) is 19.8. The number of nitrogens with zero attached hydrogens (tertiary/aromatic N) is 5. The molecular formula is C27H33N5O2. The molecule has 2 aliphatic heterocycles. The fourth-order valence-corrected chi connectivity index (χ4v) is 6.54. The van der Waals surface area contributed by atoms with Crippen LogP contribution in [0.15, 0.2) is 48.7 Å².